The van der Waals surface area contributed by atoms with Gasteiger partial charge in [-0.1, -0.05) is 38.1 Å². The molecule has 0 unspecified atom stereocenters. The first-order chi connectivity index (χ1) is 11.6. The molecule has 2 nitrogen and oxygen atoms in total. The average molecular weight is 322 g/mol. The van der Waals surface area contributed by atoms with Gasteiger partial charge in [-0.15, -0.1) is 0 Å². The first-order valence-electron chi connectivity index (χ1n) is 8.89. The maximum absolute atomic E-state index is 5.35. The summed E-state index contributed by atoms with van der Waals surface area (Å²) in [5.41, 5.74) is 3.48. The largest absolute Gasteiger partial charge is 0.497 e. The quantitative estimate of drug-likeness (QED) is 0.792. The Labute approximate surface area is 144 Å². The van der Waals surface area contributed by atoms with E-state index in [1.54, 1.807) is 14.2 Å². The monoisotopic (exact) mass is 322 g/mol. The van der Waals surface area contributed by atoms with Crippen LogP contribution in [0.5, 0.6) is 11.5 Å². The highest BCUT2D eigenvalue weighted by atomic mass is 16.5. The molecule has 0 N–H and O–H groups in total. The molecule has 24 heavy (non-hydrogen) atoms. The third-order valence-electron chi connectivity index (χ3n) is 7.22. The van der Waals surface area contributed by atoms with Crippen LogP contribution < -0.4 is 9.47 Å². The number of ether oxygens (including phenoxy) is 2. The Morgan fingerprint density at radius 3 is 1.25 bits per heavy atom. The molecule has 0 radical (unpaired) electrons. The first kappa shape index (κ1) is 15.6. The van der Waals surface area contributed by atoms with E-state index in [1.807, 2.05) is 0 Å². The van der Waals surface area contributed by atoms with Crippen LogP contribution in [0, 0.1) is 11.8 Å². The minimum atomic E-state index is 0.271. The van der Waals surface area contributed by atoms with Crippen LogP contribution in [0.3, 0.4) is 0 Å². The smallest absolute Gasteiger partial charge is 0.118 e. The third-order valence-corrected chi connectivity index (χ3v) is 7.22. The summed E-state index contributed by atoms with van der Waals surface area (Å²) in [6, 6.07) is 17.5. The van der Waals surface area contributed by atoms with Crippen molar-refractivity contribution >= 4 is 0 Å². The van der Waals surface area contributed by atoms with Gasteiger partial charge in [-0.05, 0) is 60.1 Å². The van der Waals surface area contributed by atoms with Gasteiger partial charge in [-0.2, -0.15) is 0 Å². The lowest BCUT2D eigenvalue weighted by Gasteiger charge is -2.76. The average Bonchev–Trinajstić information content (AvgIpc) is 2.62. The Morgan fingerprint density at radius 2 is 1.00 bits per heavy atom. The van der Waals surface area contributed by atoms with Gasteiger partial charge >= 0.3 is 0 Å². The molecular weight excluding hydrogens is 296 g/mol. The molecule has 0 heterocycles. The molecule has 4 rings (SSSR count). The van der Waals surface area contributed by atoms with Crippen molar-refractivity contribution < 1.29 is 9.47 Å². The van der Waals surface area contributed by atoms with E-state index in [9.17, 15) is 0 Å². The molecule has 2 heteroatoms. The SMILES string of the molecule is COc1ccc([C@]23CC[C@@]2(c2ccc(OC)cc2)[C@H](C)[C@@H]3C)cc1. The zero-order chi connectivity index (χ0) is 16.9. The second-order valence-electron chi connectivity index (χ2n) is 7.48. The summed E-state index contributed by atoms with van der Waals surface area (Å²) >= 11 is 0. The van der Waals surface area contributed by atoms with E-state index in [0.717, 1.165) is 11.5 Å². The summed E-state index contributed by atoms with van der Waals surface area (Å²) in [6.07, 6.45) is 2.55. The fourth-order valence-electron chi connectivity index (χ4n) is 5.80. The second kappa shape index (κ2) is 5.27. The van der Waals surface area contributed by atoms with Crippen LogP contribution in [0.1, 0.15) is 37.8 Å². The molecule has 0 saturated heterocycles. The highest BCUT2D eigenvalue weighted by Crippen LogP contribution is 2.76. The minimum Gasteiger partial charge on any atom is -0.497 e. The molecule has 2 aromatic carbocycles. The van der Waals surface area contributed by atoms with Gasteiger partial charge in [-0.25, -0.2) is 0 Å². The summed E-state index contributed by atoms with van der Waals surface area (Å²) in [7, 11) is 3.46. The van der Waals surface area contributed by atoms with Gasteiger partial charge in [0.2, 0.25) is 0 Å². The summed E-state index contributed by atoms with van der Waals surface area (Å²) in [6.45, 7) is 4.85. The van der Waals surface area contributed by atoms with Crippen LogP contribution in [0.4, 0.5) is 0 Å². The Bertz CT molecular complexity index is 668. The van der Waals surface area contributed by atoms with E-state index in [2.05, 4.69) is 62.4 Å². The molecule has 4 atom stereocenters. The standard InChI is InChI=1S/C22H26O2/c1-15-16(2)22(18-7-11-20(24-4)12-8-18)14-13-21(15,22)17-5-9-19(23-3)10-6-17/h5-12,15-16H,13-14H2,1-4H3/t15-,16+,21+,22-. The van der Waals surface area contributed by atoms with E-state index in [-0.39, 0.29) is 10.8 Å². The first-order valence-corrected chi connectivity index (χ1v) is 8.89. The van der Waals surface area contributed by atoms with Gasteiger partial charge in [0, 0.05) is 10.8 Å². The van der Waals surface area contributed by atoms with E-state index in [4.69, 9.17) is 9.47 Å². The molecule has 2 aliphatic carbocycles. The molecule has 0 amide bonds. The number of methoxy groups -OCH3 is 2. The molecule has 2 fully saturated rings. The third kappa shape index (κ3) is 1.67. The zero-order valence-corrected chi connectivity index (χ0v) is 15.0. The van der Waals surface area contributed by atoms with Gasteiger partial charge in [0.25, 0.3) is 0 Å². The number of hydrogen-bond donors (Lipinski definition) is 0. The van der Waals surface area contributed by atoms with Crippen molar-refractivity contribution in [3.63, 3.8) is 0 Å². The summed E-state index contributed by atoms with van der Waals surface area (Å²) < 4.78 is 10.7. The predicted molar refractivity (Wildman–Crippen MR) is 96.9 cm³/mol. The lowest BCUT2D eigenvalue weighted by Crippen LogP contribution is -2.75. The molecule has 0 aromatic heterocycles. The minimum absolute atomic E-state index is 0.271. The van der Waals surface area contributed by atoms with Crippen LogP contribution in [-0.2, 0) is 10.8 Å². The second-order valence-corrected chi connectivity index (χ2v) is 7.48. The van der Waals surface area contributed by atoms with Crippen molar-refractivity contribution in [2.75, 3.05) is 14.2 Å². The Kier molecular flexibility index (Phi) is 3.42. The molecule has 0 spiro atoms. The maximum atomic E-state index is 5.35. The summed E-state index contributed by atoms with van der Waals surface area (Å²) in [4.78, 5) is 0. The van der Waals surface area contributed by atoms with E-state index >= 15 is 0 Å². The van der Waals surface area contributed by atoms with E-state index in [1.165, 1.54) is 24.0 Å². The van der Waals surface area contributed by atoms with E-state index in [0.29, 0.717) is 11.8 Å². The van der Waals surface area contributed by atoms with Crippen LogP contribution in [-0.4, -0.2) is 14.2 Å². The van der Waals surface area contributed by atoms with Crippen molar-refractivity contribution in [3.05, 3.63) is 59.7 Å². The van der Waals surface area contributed by atoms with Crippen molar-refractivity contribution in [2.45, 2.75) is 37.5 Å². The van der Waals surface area contributed by atoms with E-state index < -0.39 is 0 Å². The van der Waals surface area contributed by atoms with Crippen molar-refractivity contribution in [1.82, 2.24) is 0 Å². The zero-order valence-electron chi connectivity index (χ0n) is 15.0. The van der Waals surface area contributed by atoms with Gasteiger partial charge < -0.3 is 9.47 Å². The Morgan fingerprint density at radius 1 is 0.667 bits per heavy atom. The van der Waals surface area contributed by atoms with Gasteiger partial charge in [-0.3, -0.25) is 0 Å². The van der Waals surface area contributed by atoms with Gasteiger partial charge in [0.15, 0.2) is 0 Å². The van der Waals surface area contributed by atoms with Crippen LogP contribution >= 0.6 is 0 Å². The number of hydrogen-bond acceptors (Lipinski definition) is 2. The molecular formula is C22H26O2. The summed E-state index contributed by atoms with van der Waals surface area (Å²) in [5.74, 6) is 3.26. The molecule has 0 bridgehead atoms. The lowest BCUT2D eigenvalue weighted by molar-refractivity contribution is -0.155. The Balaban J connectivity index is 1.78. The molecule has 2 saturated carbocycles. The fourth-order valence-corrected chi connectivity index (χ4v) is 5.80. The van der Waals surface area contributed by atoms with Gasteiger partial charge in [0.1, 0.15) is 11.5 Å². The topological polar surface area (TPSA) is 18.5 Å². The predicted octanol–water partition coefficient (Wildman–Crippen LogP) is 4.96. The molecule has 2 aliphatic rings. The molecule has 0 aliphatic heterocycles. The maximum Gasteiger partial charge on any atom is 0.118 e. The van der Waals surface area contributed by atoms with Crippen molar-refractivity contribution in [1.29, 1.82) is 0 Å². The molecule has 2 aromatic rings. The fraction of sp³-hybridized carbons (Fsp3) is 0.455. The van der Waals surface area contributed by atoms with Crippen LogP contribution in [0.25, 0.3) is 0 Å². The van der Waals surface area contributed by atoms with Crippen molar-refractivity contribution in [2.24, 2.45) is 11.8 Å². The Hall–Kier alpha value is -1.96. The normalized spacial score (nSPS) is 33.8. The van der Waals surface area contributed by atoms with Crippen LogP contribution in [0.2, 0.25) is 0 Å². The molecule has 126 valence electrons. The number of rotatable bonds is 4. The number of benzene rings is 2. The van der Waals surface area contributed by atoms with Gasteiger partial charge in [0.05, 0.1) is 14.2 Å². The highest BCUT2D eigenvalue weighted by Gasteiger charge is 2.74. The number of fused-ring (bicyclic) bond motifs is 1. The van der Waals surface area contributed by atoms with Crippen molar-refractivity contribution in [3.8, 4) is 11.5 Å². The summed E-state index contributed by atoms with van der Waals surface area (Å²) in [5, 5.41) is 0. The highest BCUT2D eigenvalue weighted by molar-refractivity contribution is 5.52. The van der Waals surface area contributed by atoms with Crippen LogP contribution in [0.15, 0.2) is 48.5 Å². The lowest BCUT2D eigenvalue weighted by atomic mass is 9.26.